The summed E-state index contributed by atoms with van der Waals surface area (Å²) < 4.78 is 5.34. The highest BCUT2D eigenvalue weighted by Crippen LogP contribution is 2.20. The molecule has 0 amide bonds. The molecule has 3 rings (SSSR count). The molecule has 19 heavy (non-hydrogen) atoms. The summed E-state index contributed by atoms with van der Waals surface area (Å²) in [6, 6.07) is 3.62. The maximum Gasteiger partial charge on any atom is 0.177 e. The average Bonchev–Trinajstić information content (AvgIpc) is 2.98. The second-order valence-electron chi connectivity index (χ2n) is 4.40. The van der Waals surface area contributed by atoms with Crippen LogP contribution in [0.1, 0.15) is 5.76 Å². The fraction of sp³-hybridized carbons (Fsp3) is 0.167. The van der Waals surface area contributed by atoms with Crippen molar-refractivity contribution in [1.29, 1.82) is 0 Å². The third kappa shape index (κ3) is 1.95. The van der Waals surface area contributed by atoms with Crippen LogP contribution in [-0.4, -0.2) is 35.6 Å². The molecule has 0 fully saturated rings. The SMILES string of the molecule is CN(C)C=C1NN=C2C=C(N)C(c3ccco3)=NN12. The minimum atomic E-state index is 0.526. The molecule has 2 aliphatic heterocycles. The van der Waals surface area contributed by atoms with Crippen molar-refractivity contribution in [3.8, 4) is 0 Å². The van der Waals surface area contributed by atoms with E-state index in [0.29, 0.717) is 23.0 Å². The zero-order valence-corrected chi connectivity index (χ0v) is 10.7. The van der Waals surface area contributed by atoms with Crippen molar-refractivity contribution in [2.24, 2.45) is 15.9 Å². The molecule has 0 aliphatic carbocycles. The van der Waals surface area contributed by atoms with E-state index in [1.54, 1.807) is 23.4 Å². The summed E-state index contributed by atoms with van der Waals surface area (Å²) in [6.07, 6.45) is 5.23. The topological polar surface area (TPSA) is 82.4 Å². The van der Waals surface area contributed by atoms with Gasteiger partial charge in [0.15, 0.2) is 17.4 Å². The third-order valence-electron chi connectivity index (χ3n) is 2.62. The zero-order chi connectivity index (χ0) is 13.4. The number of rotatable bonds is 2. The molecule has 7 heteroatoms. The fourth-order valence-corrected chi connectivity index (χ4v) is 1.83. The third-order valence-corrected chi connectivity index (χ3v) is 2.62. The number of nitrogens with two attached hydrogens (primary N) is 1. The van der Waals surface area contributed by atoms with Gasteiger partial charge >= 0.3 is 0 Å². The van der Waals surface area contributed by atoms with E-state index < -0.39 is 0 Å². The number of allylic oxidation sites excluding steroid dienone is 1. The number of hydrogen-bond acceptors (Lipinski definition) is 7. The number of hydrazone groups is 2. The zero-order valence-electron chi connectivity index (χ0n) is 10.7. The standard InChI is InChI=1S/C12H14N6O/c1-17(2)7-11-15-14-10-6-8(13)12(16-18(10)11)9-4-3-5-19-9/h3-7,15H,13H2,1-2H3. The summed E-state index contributed by atoms with van der Waals surface area (Å²) in [5.74, 6) is 2.04. The summed E-state index contributed by atoms with van der Waals surface area (Å²) in [7, 11) is 3.86. The fourth-order valence-electron chi connectivity index (χ4n) is 1.83. The van der Waals surface area contributed by atoms with Crippen molar-refractivity contribution in [2.45, 2.75) is 0 Å². The lowest BCUT2D eigenvalue weighted by Gasteiger charge is -2.20. The highest BCUT2D eigenvalue weighted by atomic mass is 16.3. The highest BCUT2D eigenvalue weighted by Gasteiger charge is 2.28. The average molecular weight is 258 g/mol. The van der Waals surface area contributed by atoms with Crippen LogP contribution in [0.25, 0.3) is 0 Å². The van der Waals surface area contributed by atoms with Crippen molar-refractivity contribution in [1.82, 2.24) is 15.3 Å². The van der Waals surface area contributed by atoms with Gasteiger partial charge in [0.2, 0.25) is 0 Å². The van der Waals surface area contributed by atoms with Gasteiger partial charge in [-0.3, -0.25) is 5.43 Å². The Morgan fingerprint density at radius 3 is 3.00 bits per heavy atom. The molecule has 0 atom stereocenters. The Labute approximate surface area is 110 Å². The molecule has 0 saturated heterocycles. The van der Waals surface area contributed by atoms with E-state index in [0.717, 1.165) is 5.82 Å². The monoisotopic (exact) mass is 258 g/mol. The summed E-state index contributed by atoms with van der Waals surface area (Å²) >= 11 is 0. The van der Waals surface area contributed by atoms with Gasteiger partial charge in [0.1, 0.15) is 5.71 Å². The number of nitrogens with one attached hydrogen (secondary N) is 1. The van der Waals surface area contributed by atoms with Gasteiger partial charge in [-0.2, -0.15) is 15.2 Å². The van der Waals surface area contributed by atoms with Crippen molar-refractivity contribution in [2.75, 3.05) is 14.1 Å². The van der Waals surface area contributed by atoms with Crippen LogP contribution in [0.5, 0.6) is 0 Å². The van der Waals surface area contributed by atoms with E-state index in [1.165, 1.54) is 0 Å². The minimum absolute atomic E-state index is 0.526. The lowest BCUT2D eigenvalue weighted by molar-refractivity contribution is 0.484. The summed E-state index contributed by atoms with van der Waals surface area (Å²) in [5, 5.41) is 10.3. The van der Waals surface area contributed by atoms with Gasteiger partial charge in [0.25, 0.3) is 0 Å². The molecule has 0 bridgehead atoms. The second-order valence-corrected chi connectivity index (χ2v) is 4.40. The Bertz CT molecular complexity index is 608. The van der Waals surface area contributed by atoms with E-state index >= 15 is 0 Å². The Balaban J connectivity index is 2.00. The van der Waals surface area contributed by atoms with Crippen molar-refractivity contribution < 1.29 is 4.42 Å². The van der Waals surface area contributed by atoms with E-state index in [9.17, 15) is 0 Å². The van der Waals surface area contributed by atoms with Gasteiger partial charge in [-0.15, -0.1) is 0 Å². The molecule has 2 aliphatic rings. The number of nitrogens with zero attached hydrogens (tertiary/aromatic N) is 4. The minimum Gasteiger partial charge on any atom is -0.463 e. The molecule has 98 valence electrons. The van der Waals surface area contributed by atoms with E-state index in [1.807, 2.05) is 31.3 Å². The summed E-state index contributed by atoms with van der Waals surface area (Å²) in [5.41, 5.74) is 10.0. The van der Waals surface area contributed by atoms with Gasteiger partial charge in [0, 0.05) is 26.4 Å². The van der Waals surface area contributed by atoms with Crippen LogP contribution < -0.4 is 11.2 Å². The lowest BCUT2D eigenvalue weighted by atomic mass is 10.2. The summed E-state index contributed by atoms with van der Waals surface area (Å²) in [6.45, 7) is 0. The van der Waals surface area contributed by atoms with Crippen molar-refractivity contribution in [3.05, 3.63) is 48.0 Å². The maximum atomic E-state index is 5.98. The first-order valence-corrected chi connectivity index (χ1v) is 5.77. The molecule has 3 N–H and O–H groups in total. The highest BCUT2D eigenvalue weighted by molar-refractivity contribution is 6.16. The van der Waals surface area contributed by atoms with Gasteiger partial charge in [-0.25, -0.2) is 0 Å². The van der Waals surface area contributed by atoms with E-state index in [-0.39, 0.29) is 0 Å². The molecule has 1 aromatic rings. The Hall–Kier alpha value is -2.70. The Kier molecular flexibility index (Phi) is 2.52. The second kappa shape index (κ2) is 4.20. The molecular formula is C12H14N6O. The molecule has 3 heterocycles. The predicted molar refractivity (Wildman–Crippen MR) is 71.7 cm³/mol. The molecule has 0 aromatic carbocycles. The van der Waals surface area contributed by atoms with Gasteiger partial charge in [-0.1, -0.05) is 0 Å². The van der Waals surface area contributed by atoms with Gasteiger partial charge < -0.3 is 15.1 Å². The van der Waals surface area contributed by atoms with E-state index in [4.69, 9.17) is 10.2 Å². The largest absolute Gasteiger partial charge is 0.463 e. The summed E-state index contributed by atoms with van der Waals surface area (Å²) in [4.78, 5) is 1.91. The van der Waals surface area contributed by atoms with Crippen LogP contribution in [0.3, 0.4) is 0 Å². The van der Waals surface area contributed by atoms with Crippen LogP contribution in [0.2, 0.25) is 0 Å². The number of hydrogen-bond donors (Lipinski definition) is 2. The van der Waals surface area contributed by atoms with Crippen LogP contribution >= 0.6 is 0 Å². The molecule has 0 saturated carbocycles. The molecule has 7 nitrogen and oxygen atoms in total. The smallest absolute Gasteiger partial charge is 0.177 e. The van der Waals surface area contributed by atoms with Crippen LogP contribution in [0.15, 0.2) is 56.8 Å². The van der Waals surface area contributed by atoms with Crippen molar-refractivity contribution >= 4 is 11.5 Å². The van der Waals surface area contributed by atoms with Crippen LogP contribution in [0.4, 0.5) is 0 Å². The van der Waals surface area contributed by atoms with Crippen LogP contribution in [0, 0.1) is 0 Å². The number of fused-ring (bicyclic) bond motifs is 1. The first kappa shape index (κ1) is 11.4. The quantitative estimate of drug-likeness (QED) is 0.803. The number of amidine groups is 1. The Morgan fingerprint density at radius 2 is 2.32 bits per heavy atom. The van der Waals surface area contributed by atoms with E-state index in [2.05, 4.69) is 15.6 Å². The maximum absolute atomic E-state index is 5.98. The molecule has 1 aromatic heterocycles. The lowest BCUT2D eigenvalue weighted by Crippen LogP contribution is -2.31. The molecular weight excluding hydrogens is 244 g/mol. The molecule has 0 unspecified atom stereocenters. The first-order chi connectivity index (χ1) is 9.15. The number of furan rings is 1. The molecule has 0 spiro atoms. The van der Waals surface area contributed by atoms with Crippen molar-refractivity contribution in [3.63, 3.8) is 0 Å². The van der Waals surface area contributed by atoms with Gasteiger partial charge in [-0.05, 0) is 12.1 Å². The first-order valence-electron chi connectivity index (χ1n) is 5.77. The normalized spacial score (nSPS) is 19.6. The predicted octanol–water partition coefficient (Wildman–Crippen LogP) is 0.419. The molecule has 0 radical (unpaired) electrons. The van der Waals surface area contributed by atoms with Gasteiger partial charge in [0.05, 0.1) is 12.0 Å². The van der Waals surface area contributed by atoms with Crippen LogP contribution in [-0.2, 0) is 0 Å². The Morgan fingerprint density at radius 1 is 1.47 bits per heavy atom.